The van der Waals surface area contributed by atoms with Crippen LogP contribution in [-0.4, -0.2) is 0 Å². The van der Waals surface area contributed by atoms with E-state index in [4.69, 9.17) is 4.42 Å². The Morgan fingerprint density at radius 2 is 0.894 bits per heavy atom. The number of fused-ring (bicyclic) bond motifs is 8. The molecule has 0 aliphatic heterocycles. The van der Waals surface area contributed by atoms with Crippen LogP contribution in [0.1, 0.15) is 0 Å². The summed E-state index contributed by atoms with van der Waals surface area (Å²) in [5, 5.41) is 12.2. The van der Waals surface area contributed by atoms with Gasteiger partial charge in [-0.3, -0.25) is 0 Å². The summed E-state index contributed by atoms with van der Waals surface area (Å²) in [6, 6.07) is 61.6. The van der Waals surface area contributed by atoms with Crippen molar-refractivity contribution in [3.05, 3.63) is 170 Å². The molecule has 10 aromatic rings. The van der Waals surface area contributed by atoms with Gasteiger partial charge in [-0.2, -0.15) is 0 Å². The zero-order valence-corrected chi connectivity index (χ0v) is 25.6. The third-order valence-corrected chi connectivity index (χ3v) is 9.84. The van der Waals surface area contributed by atoms with Crippen molar-refractivity contribution in [2.24, 2.45) is 0 Å². The lowest BCUT2D eigenvalue weighted by Crippen LogP contribution is -1.93. The molecule has 0 bridgehead atoms. The molecule has 0 aliphatic rings. The Morgan fingerprint density at radius 3 is 1.70 bits per heavy atom. The summed E-state index contributed by atoms with van der Waals surface area (Å²) < 4.78 is 6.65. The zero-order valence-electron chi connectivity index (χ0n) is 25.6. The molecule has 0 saturated heterocycles. The summed E-state index contributed by atoms with van der Waals surface area (Å²) in [6.07, 6.45) is 0. The largest absolute Gasteiger partial charge is 0.455 e. The van der Waals surface area contributed by atoms with Gasteiger partial charge >= 0.3 is 0 Å². The van der Waals surface area contributed by atoms with E-state index in [-0.39, 0.29) is 0 Å². The molecule has 1 nitrogen and oxygen atoms in total. The number of hydrogen-bond acceptors (Lipinski definition) is 1. The number of benzene rings is 9. The number of para-hydroxylation sites is 2. The van der Waals surface area contributed by atoms with Crippen LogP contribution in [-0.2, 0) is 0 Å². The molecule has 1 heteroatoms. The van der Waals surface area contributed by atoms with Gasteiger partial charge in [0.05, 0.1) is 0 Å². The molecule has 1 heterocycles. The van der Waals surface area contributed by atoms with Crippen LogP contribution < -0.4 is 0 Å². The summed E-state index contributed by atoms with van der Waals surface area (Å²) in [4.78, 5) is 0. The van der Waals surface area contributed by atoms with E-state index >= 15 is 0 Å². The first-order valence-electron chi connectivity index (χ1n) is 16.2. The molecule has 47 heavy (non-hydrogen) atoms. The molecule has 10 rings (SSSR count). The first-order chi connectivity index (χ1) is 23.3. The smallest absolute Gasteiger partial charge is 0.143 e. The van der Waals surface area contributed by atoms with Crippen LogP contribution in [0.25, 0.3) is 98.4 Å². The molecule has 218 valence electrons. The van der Waals surface area contributed by atoms with Crippen molar-refractivity contribution in [1.29, 1.82) is 0 Å². The fraction of sp³-hybridized carbons (Fsp3) is 0. The quantitative estimate of drug-likeness (QED) is 0.146. The van der Waals surface area contributed by atoms with Gasteiger partial charge in [-0.15, -0.1) is 0 Å². The number of furan rings is 1. The minimum atomic E-state index is 0.911. The van der Waals surface area contributed by atoms with Crippen molar-refractivity contribution in [1.82, 2.24) is 0 Å². The maximum atomic E-state index is 6.65. The fourth-order valence-electron chi connectivity index (χ4n) is 7.77. The molecule has 0 fully saturated rings. The Bertz CT molecular complexity index is 2840. The highest BCUT2D eigenvalue weighted by molar-refractivity contribution is 6.27. The van der Waals surface area contributed by atoms with Gasteiger partial charge in [0.1, 0.15) is 11.2 Å². The van der Waals surface area contributed by atoms with Crippen LogP contribution in [0.2, 0.25) is 0 Å². The third-order valence-electron chi connectivity index (χ3n) is 9.84. The molecular weight excluding hydrogens is 569 g/mol. The van der Waals surface area contributed by atoms with E-state index in [1.807, 2.05) is 6.07 Å². The fourth-order valence-corrected chi connectivity index (χ4v) is 7.77. The van der Waals surface area contributed by atoms with Gasteiger partial charge in [0.2, 0.25) is 0 Å². The lowest BCUT2D eigenvalue weighted by Gasteiger charge is -2.20. The van der Waals surface area contributed by atoms with Crippen molar-refractivity contribution in [3.63, 3.8) is 0 Å². The highest BCUT2D eigenvalue weighted by Crippen LogP contribution is 2.49. The summed E-state index contributed by atoms with van der Waals surface area (Å²) in [6.45, 7) is 0. The van der Waals surface area contributed by atoms with Crippen molar-refractivity contribution in [2.75, 3.05) is 0 Å². The minimum absolute atomic E-state index is 0.911. The Labute approximate surface area is 271 Å². The van der Waals surface area contributed by atoms with Gasteiger partial charge in [-0.05, 0) is 83.5 Å². The first kappa shape index (κ1) is 26.1. The molecule has 1 aromatic heterocycles. The predicted octanol–water partition coefficient (Wildman–Crippen LogP) is 13.2. The molecule has 0 atom stereocenters. The summed E-state index contributed by atoms with van der Waals surface area (Å²) in [7, 11) is 0. The van der Waals surface area contributed by atoms with Crippen LogP contribution >= 0.6 is 0 Å². The normalized spacial score (nSPS) is 11.8. The van der Waals surface area contributed by atoms with E-state index in [9.17, 15) is 0 Å². The average molecular weight is 597 g/mol. The minimum Gasteiger partial charge on any atom is -0.455 e. The van der Waals surface area contributed by atoms with Crippen LogP contribution in [0, 0.1) is 0 Å². The molecule has 0 unspecified atom stereocenters. The van der Waals surface area contributed by atoms with E-state index < -0.39 is 0 Å². The SMILES string of the molecule is c1ccc(-c2ccc3c(-c4cccc5c4oc4ccccc45)c4ccccc4c(-c4cc5ccccc5c5ccccc45)c3c2)cc1. The maximum absolute atomic E-state index is 6.65. The Hall–Kier alpha value is -6.18. The molecular formula is C46H28O. The van der Waals surface area contributed by atoms with Crippen molar-refractivity contribution in [2.45, 2.75) is 0 Å². The zero-order chi connectivity index (χ0) is 30.9. The molecule has 0 aliphatic carbocycles. The standard InChI is InChI=1S/C46H28O/c1-2-13-29(14-3-1)30-25-26-38-42(27-30)45(41-28-31-15-4-5-16-32(31)33-17-6-7-18-34(33)41)37-21-9-8-20-36(37)44(38)40-23-12-22-39-35-19-10-11-24-43(35)47-46(39)40/h1-28H. The monoisotopic (exact) mass is 596 g/mol. The van der Waals surface area contributed by atoms with Crippen LogP contribution in [0.5, 0.6) is 0 Å². The van der Waals surface area contributed by atoms with E-state index in [2.05, 4.69) is 164 Å². The topological polar surface area (TPSA) is 13.1 Å². The molecule has 0 N–H and O–H groups in total. The Kier molecular flexibility index (Phi) is 5.64. The van der Waals surface area contributed by atoms with E-state index in [0.717, 1.165) is 27.5 Å². The van der Waals surface area contributed by atoms with Crippen molar-refractivity contribution >= 4 is 65.0 Å². The molecule has 9 aromatic carbocycles. The second-order valence-electron chi connectivity index (χ2n) is 12.4. The molecule has 0 saturated carbocycles. The number of rotatable bonds is 3. The molecule has 0 amide bonds. The van der Waals surface area contributed by atoms with Gasteiger partial charge in [-0.1, -0.05) is 152 Å². The first-order valence-corrected chi connectivity index (χ1v) is 16.2. The maximum Gasteiger partial charge on any atom is 0.143 e. The van der Waals surface area contributed by atoms with E-state index in [1.165, 1.54) is 70.9 Å². The second-order valence-corrected chi connectivity index (χ2v) is 12.4. The van der Waals surface area contributed by atoms with Gasteiger partial charge in [0.15, 0.2) is 0 Å². The molecule has 0 spiro atoms. The Morgan fingerprint density at radius 1 is 0.298 bits per heavy atom. The predicted molar refractivity (Wildman–Crippen MR) is 200 cm³/mol. The van der Waals surface area contributed by atoms with E-state index in [0.29, 0.717) is 0 Å². The second kappa shape index (κ2) is 10.2. The average Bonchev–Trinajstić information content (AvgIpc) is 3.53. The lowest BCUT2D eigenvalue weighted by atomic mass is 9.82. The third kappa shape index (κ3) is 3.90. The summed E-state index contributed by atoms with van der Waals surface area (Å²) in [5.41, 5.74) is 9.07. The summed E-state index contributed by atoms with van der Waals surface area (Å²) >= 11 is 0. The summed E-state index contributed by atoms with van der Waals surface area (Å²) in [5.74, 6) is 0. The Balaban J connectivity index is 1.41. The van der Waals surface area contributed by atoms with Crippen molar-refractivity contribution < 1.29 is 4.42 Å². The van der Waals surface area contributed by atoms with Crippen molar-refractivity contribution in [3.8, 4) is 33.4 Å². The van der Waals surface area contributed by atoms with E-state index in [1.54, 1.807) is 0 Å². The van der Waals surface area contributed by atoms with Gasteiger partial charge in [-0.25, -0.2) is 0 Å². The number of hydrogen-bond donors (Lipinski definition) is 0. The van der Waals surface area contributed by atoms with Gasteiger partial charge in [0, 0.05) is 21.9 Å². The lowest BCUT2D eigenvalue weighted by molar-refractivity contribution is 0.670. The van der Waals surface area contributed by atoms with Crippen LogP contribution in [0.4, 0.5) is 0 Å². The van der Waals surface area contributed by atoms with Crippen LogP contribution in [0.15, 0.2) is 174 Å². The van der Waals surface area contributed by atoms with Gasteiger partial charge < -0.3 is 4.42 Å². The van der Waals surface area contributed by atoms with Gasteiger partial charge in [0.25, 0.3) is 0 Å². The highest BCUT2D eigenvalue weighted by atomic mass is 16.3. The highest BCUT2D eigenvalue weighted by Gasteiger charge is 2.22. The van der Waals surface area contributed by atoms with Crippen LogP contribution in [0.3, 0.4) is 0 Å². The molecule has 0 radical (unpaired) electrons.